The molecule has 1 aliphatic carbocycles. The molecule has 0 spiro atoms. The zero-order chi connectivity index (χ0) is 19.8. The van der Waals surface area contributed by atoms with Gasteiger partial charge in [-0.2, -0.15) is 4.91 Å². The van der Waals surface area contributed by atoms with Gasteiger partial charge in [-0.1, -0.05) is 5.18 Å². The van der Waals surface area contributed by atoms with Gasteiger partial charge in [0.05, 0.1) is 31.0 Å². The molecule has 3 aliphatic heterocycles. The molecule has 4 fully saturated rings. The highest BCUT2D eigenvalue weighted by Crippen LogP contribution is 2.47. The second-order valence-corrected chi connectivity index (χ2v) is 7.71. The van der Waals surface area contributed by atoms with Crippen LogP contribution in [-0.4, -0.2) is 50.3 Å². The Morgan fingerprint density at radius 2 is 2.25 bits per heavy atom. The van der Waals surface area contributed by atoms with Gasteiger partial charge in [-0.15, -0.1) is 0 Å². The predicted molar refractivity (Wildman–Crippen MR) is 101 cm³/mol. The van der Waals surface area contributed by atoms with Gasteiger partial charge in [-0.05, 0) is 37.0 Å². The van der Waals surface area contributed by atoms with Crippen LogP contribution in [-0.2, 0) is 9.53 Å². The van der Waals surface area contributed by atoms with Crippen LogP contribution in [0.5, 0.6) is 0 Å². The second kappa shape index (κ2) is 7.37. The van der Waals surface area contributed by atoms with Crippen molar-refractivity contribution in [3.63, 3.8) is 0 Å². The molecule has 150 valence electrons. The molecule has 2 bridgehead atoms. The Bertz CT molecular complexity index is 802. The third-order valence-electron chi connectivity index (χ3n) is 6.08. The van der Waals surface area contributed by atoms with E-state index in [9.17, 15) is 18.9 Å². The van der Waals surface area contributed by atoms with Gasteiger partial charge in [-0.25, -0.2) is 9.18 Å². The second-order valence-electron chi connectivity index (χ2n) is 7.71. The van der Waals surface area contributed by atoms with Gasteiger partial charge in [0.2, 0.25) is 5.91 Å². The summed E-state index contributed by atoms with van der Waals surface area (Å²) in [5.74, 6) is 0.112. The van der Waals surface area contributed by atoms with Crippen molar-refractivity contribution in [2.45, 2.75) is 31.9 Å². The number of halogens is 1. The van der Waals surface area contributed by atoms with Gasteiger partial charge in [-0.3, -0.25) is 9.69 Å². The van der Waals surface area contributed by atoms with Crippen molar-refractivity contribution in [1.82, 2.24) is 5.32 Å². The van der Waals surface area contributed by atoms with Crippen molar-refractivity contribution < 1.29 is 18.7 Å². The molecule has 8 nitrogen and oxygen atoms in total. The van der Waals surface area contributed by atoms with E-state index in [1.165, 1.54) is 17.9 Å². The Balaban J connectivity index is 1.47. The number of cyclic esters (lactones) is 1. The normalized spacial score (nSPS) is 28.6. The molecule has 1 N–H and O–H groups in total. The monoisotopic (exact) mass is 390 g/mol. The number of piperidine rings is 2. The molecule has 4 aliphatic rings. The number of carbonyl (C=O) groups excluding carboxylic acids is 2. The molecule has 3 heterocycles. The summed E-state index contributed by atoms with van der Waals surface area (Å²) in [5.41, 5.74) is 0.913. The van der Waals surface area contributed by atoms with Crippen LogP contribution < -0.4 is 15.1 Å². The first-order valence-corrected chi connectivity index (χ1v) is 9.56. The van der Waals surface area contributed by atoms with E-state index in [1.807, 2.05) is 4.90 Å². The van der Waals surface area contributed by atoms with Crippen LogP contribution in [0.25, 0.3) is 0 Å². The molecular weight excluding hydrogens is 367 g/mol. The molecule has 3 unspecified atom stereocenters. The molecule has 1 saturated carbocycles. The summed E-state index contributed by atoms with van der Waals surface area (Å²) in [6.07, 6.45) is 0.871. The van der Waals surface area contributed by atoms with Gasteiger partial charge in [0.25, 0.3) is 0 Å². The van der Waals surface area contributed by atoms with E-state index in [0.29, 0.717) is 17.3 Å². The summed E-state index contributed by atoms with van der Waals surface area (Å²) in [6.45, 7) is 2.90. The zero-order valence-corrected chi connectivity index (χ0v) is 15.6. The van der Waals surface area contributed by atoms with Crippen LogP contribution >= 0.6 is 0 Å². The van der Waals surface area contributed by atoms with Crippen molar-refractivity contribution in [2.75, 3.05) is 36.0 Å². The first-order chi connectivity index (χ1) is 13.5. The predicted octanol–water partition coefficient (Wildman–Crippen LogP) is 2.27. The van der Waals surface area contributed by atoms with Crippen molar-refractivity contribution in [2.24, 2.45) is 17.0 Å². The Labute approximate surface area is 162 Å². The molecular formula is C19H23FN4O4. The van der Waals surface area contributed by atoms with Gasteiger partial charge in [0, 0.05) is 25.4 Å². The smallest absolute Gasteiger partial charge is 0.414 e. The number of amides is 2. The molecule has 0 radical (unpaired) electrons. The summed E-state index contributed by atoms with van der Waals surface area (Å²) >= 11 is 0. The Hall–Kier alpha value is -2.71. The number of benzene rings is 1. The lowest BCUT2D eigenvalue weighted by atomic mass is 9.64. The lowest BCUT2D eigenvalue weighted by molar-refractivity contribution is -0.119. The SMILES string of the molecule is CC(=O)NC[C@H]1CN(c2ccc(N3CCC4CC3C4CN=O)c(F)c2)C(=O)O1. The molecule has 1 aromatic carbocycles. The molecule has 3 saturated heterocycles. The number of nitrogens with zero attached hydrogens (tertiary/aromatic N) is 3. The summed E-state index contributed by atoms with van der Waals surface area (Å²) in [7, 11) is 0. The van der Waals surface area contributed by atoms with Crippen LogP contribution in [0.2, 0.25) is 0 Å². The standard InChI is InChI=1S/C19H23FN4O4/c1-11(25)21-8-14-10-24(19(26)28-14)13-2-3-17(16(20)7-13)23-5-4-12-6-18(23)15(12)9-22-27/h2-3,7,12,14-15,18H,4-6,8-10H2,1H3,(H,21,25)/t12?,14-,15?,18?/m0/s1. The highest BCUT2D eigenvalue weighted by atomic mass is 19.1. The summed E-state index contributed by atoms with van der Waals surface area (Å²) < 4.78 is 20.1. The number of nitroso groups, excluding NO2 is 1. The fourth-order valence-corrected chi connectivity index (χ4v) is 4.59. The van der Waals surface area contributed by atoms with Gasteiger partial charge in [0.15, 0.2) is 0 Å². The number of ether oxygens (including phenoxy) is 1. The highest BCUT2D eigenvalue weighted by Gasteiger charge is 2.48. The van der Waals surface area contributed by atoms with E-state index < -0.39 is 18.0 Å². The van der Waals surface area contributed by atoms with E-state index >= 15 is 0 Å². The van der Waals surface area contributed by atoms with Crippen LogP contribution in [0, 0.1) is 22.6 Å². The molecule has 1 aromatic rings. The van der Waals surface area contributed by atoms with Gasteiger partial charge in [0.1, 0.15) is 11.9 Å². The molecule has 2 amide bonds. The molecule has 28 heavy (non-hydrogen) atoms. The van der Waals surface area contributed by atoms with Crippen LogP contribution in [0.4, 0.5) is 20.6 Å². The maximum atomic E-state index is 14.9. The maximum Gasteiger partial charge on any atom is 0.414 e. The van der Waals surface area contributed by atoms with Crippen molar-refractivity contribution in [3.8, 4) is 0 Å². The van der Waals surface area contributed by atoms with Gasteiger partial charge < -0.3 is 15.0 Å². The number of nitrogens with one attached hydrogen (secondary N) is 1. The molecule has 9 heteroatoms. The number of hydrogen-bond donors (Lipinski definition) is 1. The van der Waals surface area contributed by atoms with Crippen molar-refractivity contribution >= 4 is 23.4 Å². The van der Waals surface area contributed by atoms with E-state index in [-0.39, 0.29) is 37.5 Å². The summed E-state index contributed by atoms with van der Waals surface area (Å²) in [4.78, 5) is 37.2. The first kappa shape index (κ1) is 18.6. The van der Waals surface area contributed by atoms with Crippen LogP contribution in [0.15, 0.2) is 23.4 Å². The maximum absolute atomic E-state index is 14.9. The minimum absolute atomic E-state index is 0.149. The number of rotatable bonds is 6. The quantitative estimate of drug-likeness (QED) is 0.753. The van der Waals surface area contributed by atoms with Crippen molar-refractivity contribution in [1.29, 1.82) is 0 Å². The number of hydrogen-bond acceptors (Lipinski definition) is 6. The Kier molecular flexibility index (Phi) is 4.91. The first-order valence-electron chi connectivity index (χ1n) is 9.56. The average molecular weight is 390 g/mol. The largest absolute Gasteiger partial charge is 0.442 e. The van der Waals surface area contributed by atoms with Crippen LogP contribution in [0.1, 0.15) is 19.8 Å². The van der Waals surface area contributed by atoms with E-state index in [0.717, 1.165) is 19.4 Å². The van der Waals surface area contributed by atoms with Gasteiger partial charge >= 0.3 is 6.09 Å². The number of fused-ring (bicyclic) bond motifs is 2. The van der Waals surface area contributed by atoms with Crippen molar-refractivity contribution in [3.05, 3.63) is 28.9 Å². The lowest BCUT2D eigenvalue weighted by Gasteiger charge is -2.55. The fraction of sp³-hybridized carbons (Fsp3) is 0.579. The minimum Gasteiger partial charge on any atom is -0.442 e. The van der Waals surface area contributed by atoms with Crippen LogP contribution in [0.3, 0.4) is 0 Å². The number of anilines is 2. The number of carbonyl (C=O) groups is 2. The summed E-state index contributed by atoms with van der Waals surface area (Å²) in [6, 6.07) is 4.88. The minimum atomic E-state index is -0.556. The molecule has 0 aromatic heterocycles. The molecule has 5 rings (SSSR count). The molecule has 4 atom stereocenters. The average Bonchev–Trinajstić information content (AvgIpc) is 3.05. The third-order valence-corrected chi connectivity index (χ3v) is 6.08. The van der Waals surface area contributed by atoms with E-state index in [4.69, 9.17) is 4.74 Å². The van der Waals surface area contributed by atoms with E-state index in [2.05, 4.69) is 10.5 Å². The lowest BCUT2D eigenvalue weighted by Crippen LogP contribution is -2.59. The topological polar surface area (TPSA) is 91.3 Å². The highest BCUT2D eigenvalue weighted by molar-refractivity contribution is 5.90. The zero-order valence-electron chi connectivity index (χ0n) is 15.6. The fourth-order valence-electron chi connectivity index (χ4n) is 4.59. The Morgan fingerprint density at radius 1 is 1.43 bits per heavy atom. The summed E-state index contributed by atoms with van der Waals surface area (Å²) in [5, 5.41) is 5.66. The third kappa shape index (κ3) is 3.29. The Morgan fingerprint density at radius 3 is 2.93 bits per heavy atom. The van der Waals surface area contributed by atoms with E-state index in [1.54, 1.807) is 12.1 Å².